The average molecular weight is 429 g/mol. The van der Waals surface area contributed by atoms with Crippen LogP contribution in [0.2, 0.25) is 0 Å². The molecule has 0 radical (unpaired) electrons. The summed E-state index contributed by atoms with van der Waals surface area (Å²) in [5, 5.41) is 11.8. The summed E-state index contributed by atoms with van der Waals surface area (Å²) in [4.78, 5) is 36.1. The van der Waals surface area contributed by atoms with Crippen LogP contribution < -0.4 is 14.8 Å². The van der Waals surface area contributed by atoms with Gasteiger partial charge in [-0.15, -0.1) is 0 Å². The lowest BCUT2D eigenvalue weighted by Crippen LogP contribution is -2.37. The molecule has 8 heteroatoms. The maximum Gasteiger partial charge on any atom is 0.317 e. The number of benzene rings is 2. The zero-order chi connectivity index (χ0) is 21.5. The average Bonchev–Trinajstić information content (AvgIpc) is 3.19. The van der Waals surface area contributed by atoms with Gasteiger partial charge in [-0.3, -0.25) is 19.7 Å². The minimum absolute atomic E-state index is 0.0757. The second kappa shape index (κ2) is 10.3. The second-order valence-electron chi connectivity index (χ2n) is 6.91. The summed E-state index contributed by atoms with van der Waals surface area (Å²) in [7, 11) is 0. The molecule has 0 saturated heterocycles. The first-order valence-electron chi connectivity index (χ1n) is 9.49. The van der Waals surface area contributed by atoms with Crippen LogP contribution in [0.4, 0.5) is 0 Å². The van der Waals surface area contributed by atoms with Gasteiger partial charge in [0.15, 0.2) is 22.4 Å². The number of carboxylic acid groups (broad SMARTS) is 1. The minimum Gasteiger partial charge on any atom is -0.480 e. The Hall–Kier alpha value is -2.84. The number of carbonyl (C=O) groups excluding carboxylic acids is 2. The van der Waals surface area contributed by atoms with Gasteiger partial charge in [0.05, 0.1) is 12.6 Å². The third kappa shape index (κ3) is 5.84. The molecule has 0 aromatic heterocycles. The molecule has 2 atom stereocenters. The van der Waals surface area contributed by atoms with Gasteiger partial charge in [0.25, 0.3) is 0 Å². The van der Waals surface area contributed by atoms with Gasteiger partial charge in [0.2, 0.25) is 6.79 Å². The molecule has 7 nitrogen and oxygen atoms in total. The SMILES string of the molecule is CC(=O)SCC(Cc1ccc2c(c1)OCO2)C(=O)C(NCC(=O)O)c1ccccc1. The fraction of sp³-hybridized carbons (Fsp3) is 0.318. The molecule has 0 bridgehead atoms. The lowest BCUT2D eigenvalue weighted by molar-refractivity contribution is -0.136. The van der Waals surface area contributed by atoms with E-state index in [1.54, 1.807) is 30.3 Å². The van der Waals surface area contributed by atoms with Gasteiger partial charge < -0.3 is 14.6 Å². The molecule has 158 valence electrons. The van der Waals surface area contributed by atoms with Gasteiger partial charge in [-0.25, -0.2) is 0 Å². The van der Waals surface area contributed by atoms with E-state index in [0.29, 0.717) is 29.2 Å². The first-order chi connectivity index (χ1) is 14.4. The standard InChI is InChI=1S/C22H23NO6S/c1-14(24)30-12-17(9-15-7-8-18-19(10-15)29-13-28-18)22(27)21(23-11-20(25)26)16-5-3-2-4-6-16/h2-8,10,17,21,23H,9,11-13H2,1H3,(H,25,26). The molecule has 0 aliphatic carbocycles. The molecular formula is C22H23NO6S. The predicted octanol–water partition coefficient (Wildman–Crippen LogP) is 2.84. The first kappa shape index (κ1) is 21.9. The highest BCUT2D eigenvalue weighted by atomic mass is 32.2. The van der Waals surface area contributed by atoms with Crippen LogP contribution in [0.5, 0.6) is 11.5 Å². The maximum atomic E-state index is 13.5. The van der Waals surface area contributed by atoms with Crippen molar-refractivity contribution in [1.82, 2.24) is 5.32 Å². The molecule has 0 spiro atoms. The third-order valence-corrected chi connectivity index (χ3v) is 5.66. The molecule has 3 rings (SSSR count). The number of ether oxygens (including phenoxy) is 2. The molecule has 0 amide bonds. The van der Waals surface area contributed by atoms with Crippen molar-refractivity contribution in [2.75, 3.05) is 19.1 Å². The predicted molar refractivity (Wildman–Crippen MR) is 113 cm³/mol. The summed E-state index contributed by atoms with van der Waals surface area (Å²) < 4.78 is 10.7. The van der Waals surface area contributed by atoms with Crippen molar-refractivity contribution >= 4 is 28.6 Å². The molecule has 0 saturated carbocycles. The number of hydrogen-bond acceptors (Lipinski definition) is 7. The minimum atomic E-state index is -1.05. The lowest BCUT2D eigenvalue weighted by atomic mass is 9.89. The highest BCUT2D eigenvalue weighted by Crippen LogP contribution is 2.34. The number of rotatable bonds is 10. The van der Waals surface area contributed by atoms with E-state index in [4.69, 9.17) is 14.6 Å². The highest BCUT2D eigenvalue weighted by molar-refractivity contribution is 8.13. The van der Waals surface area contributed by atoms with E-state index in [9.17, 15) is 14.4 Å². The summed E-state index contributed by atoms with van der Waals surface area (Å²) >= 11 is 1.09. The van der Waals surface area contributed by atoms with E-state index < -0.39 is 17.9 Å². The van der Waals surface area contributed by atoms with E-state index in [-0.39, 0.29) is 24.2 Å². The fourth-order valence-electron chi connectivity index (χ4n) is 3.27. The summed E-state index contributed by atoms with van der Waals surface area (Å²) in [5.41, 5.74) is 1.57. The van der Waals surface area contributed by atoms with Crippen molar-refractivity contribution < 1.29 is 29.0 Å². The van der Waals surface area contributed by atoms with Crippen LogP contribution >= 0.6 is 11.8 Å². The smallest absolute Gasteiger partial charge is 0.317 e. The van der Waals surface area contributed by atoms with Crippen molar-refractivity contribution in [2.45, 2.75) is 19.4 Å². The van der Waals surface area contributed by atoms with Gasteiger partial charge in [-0.05, 0) is 29.7 Å². The van der Waals surface area contributed by atoms with Crippen LogP contribution in [-0.4, -0.2) is 41.1 Å². The molecule has 2 N–H and O–H groups in total. The van der Waals surface area contributed by atoms with Gasteiger partial charge in [-0.1, -0.05) is 48.2 Å². The Morgan fingerprint density at radius 3 is 2.53 bits per heavy atom. The highest BCUT2D eigenvalue weighted by Gasteiger charge is 2.29. The van der Waals surface area contributed by atoms with E-state index in [0.717, 1.165) is 17.3 Å². The Morgan fingerprint density at radius 1 is 1.10 bits per heavy atom. The number of hydrogen-bond donors (Lipinski definition) is 2. The topological polar surface area (TPSA) is 102 Å². The fourth-order valence-corrected chi connectivity index (χ4v) is 3.98. The Bertz CT molecular complexity index is 917. The van der Waals surface area contributed by atoms with Crippen molar-refractivity contribution in [2.24, 2.45) is 5.92 Å². The quantitative estimate of drug-likeness (QED) is 0.595. The Morgan fingerprint density at radius 2 is 1.83 bits per heavy atom. The van der Waals surface area contributed by atoms with Crippen molar-refractivity contribution in [3.63, 3.8) is 0 Å². The van der Waals surface area contributed by atoms with E-state index in [1.165, 1.54) is 6.92 Å². The number of carbonyl (C=O) groups is 3. The molecule has 1 aliphatic rings. The summed E-state index contributed by atoms with van der Waals surface area (Å²) in [6.45, 7) is 1.28. The van der Waals surface area contributed by atoms with Crippen LogP contribution in [0.25, 0.3) is 0 Å². The number of ketones is 1. The number of nitrogens with one attached hydrogen (secondary N) is 1. The zero-order valence-electron chi connectivity index (χ0n) is 16.5. The van der Waals surface area contributed by atoms with Crippen LogP contribution in [0.1, 0.15) is 24.1 Å². The van der Waals surface area contributed by atoms with Crippen molar-refractivity contribution in [1.29, 1.82) is 0 Å². The van der Waals surface area contributed by atoms with Crippen molar-refractivity contribution in [3.05, 3.63) is 59.7 Å². The number of aliphatic carboxylic acids is 1. The van der Waals surface area contributed by atoms with Gasteiger partial charge >= 0.3 is 5.97 Å². The number of fused-ring (bicyclic) bond motifs is 1. The molecular weight excluding hydrogens is 406 g/mol. The van der Waals surface area contributed by atoms with E-state index in [1.807, 2.05) is 18.2 Å². The van der Waals surface area contributed by atoms with Crippen LogP contribution in [0.15, 0.2) is 48.5 Å². The Balaban J connectivity index is 1.84. The van der Waals surface area contributed by atoms with Crippen LogP contribution in [0.3, 0.4) is 0 Å². The molecule has 2 unspecified atom stereocenters. The summed E-state index contributed by atoms with van der Waals surface area (Å²) in [6.07, 6.45) is 0.397. The number of carboxylic acids is 1. The Kier molecular flexibility index (Phi) is 7.48. The molecule has 0 fully saturated rings. The number of thioether (sulfide) groups is 1. The summed E-state index contributed by atoms with van der Waals surface area (Å²) in [5.74, 6) is -0.110. The normalized spacial score (nSPS) is 14.2. The lowest BCUT2D eigenvalue weighted by Gasteiger charge is -2.23. The maximum absolute atomic E-state index is 13.5. The van der Waals surface area contributed by atoms with Gasteiger partial charge in [0.1, 0.15) is 0 Å². The van der Waals surface area contributed by atoms with Gasteiger partial charge in [0, 0.05) is 18.6 Å². The molecule has 30 heavy (non-hydrogen) atoms. The Labute approximate surface area is 178 Å². The third-order valence-electron chi connectivity index (χ3n) is 4.68. The van der Waals surface area contributed by atoms with Crippen LogP contribution in [-0.2, 0) is 20.8 Å². The molecule has 2 aromatic carbocycles. The number of Topliss-reactive ketones (excluding diaryl/α,β-unsaturated/α-hetero) is 1. The zero-order valence-corrected chi connectivity index (χ0v) is 17.3. The van der Waals surface area contributed by atoms with Crippen LogP contribution in [0, 0.1) is 5.92 Å². The largest absolute Gasteiger partial charge is 0.480 e. The molecule has 1 aliphatic heterocycles. The summed E-state index contributed by atoms with van der Waals surface area (Å²) in [6, 6.07) is 13.7. The second-order valence-corrected chi connectivity index (χ2v) is 8.11. The monoisotopic (exact) mass is 429 g/mol. The van der Waals surface area contributed by atoms with Gasteiger partial charge in [-0.2, -0.15) is 0 Å². The molecule has 2 aromatic rings. The first-order valence-corrected chi connectivity index (χ1v) is 10.5. The molecule has 1 heterocycles. The van der Waals surface area contributed by atoms with Crippen molar-refractivity contribution in [3.8, 4) is 11.5 Å². The van der Waals surface area contributed by atoms with E-state index in [2.05, 4.69) is 5.32 Å². The van der Waals surface area contributed by atoms with E-state index >= 15 is 0 Å².